The summed E-state index contributed by atoms with van der Waals surface area (Å²) in [5.41, 5.74) is 7.62. The molecular formula is C21H21N3O5. The third kappa shape index (κ3) is 5.25. The summed E-state index contributed by atoms with van der Waals surface area (Å²) in [7, 11) is 0. The van der Waals surface area contributed by atoms with Crippen molar-refractivity contribution in [3.05, 3.63) is 74.8 Å². The summed E-state index contributed by atoms with van der Waals surface area (Å²) in [6, 6.07) is 10.7. The number of hydrazine groups is 1. The highest BCUT2D eigenvalue weighted by Gasteiger charge is 2.15. The minimum atomic E-state index is -0.603. The van der Waals surface area contributed by atoms with E-state index in [0.717, 1.165) is 19.3 Å². The second kappa shape index (κ2) is 9.09. The van der Waals surface area contributed by atoms with Gasteiger partial charge in [0.1, 0.15) is 0 Å². The summed E-state index contributed by atoms with van der Waals surface area (Å²) >= 11 is 0. The Bertz CT molecular complexity index is 953. The molecule has 2 aromatic rings. The van der Waals surface area contributed by atoms with Gasteiger partial charge in [0.05, 0.1) is 4.92 Å². The molecule has 0 atom stereocenters. The van der Waals surface area contributed by atoms with Crippen LogP contribution < -0.4 is 10.9 Å². The van der Waals surface area contributed by atoms with Crippen LogP contribution in [-0.4, -0.2) is 22.5 Å². The molecule has 0 aliphatic heterocycles. The number of nitrogens with one attached hydrogen (secondary N) is 2. The number of aryl methyl sites for hydroxylation is 2. The molecule has 0 aromatic heterocycles. The van der Waals surface area contributed by atoms with Gasteiger partial charge in [-0.3, -0.25) is 35.3 Å². The second-order valence-corrected chi connectivity index (χ2v) is 6.92. The van der Waals surface area contributed by atoms with Crippen molar-refractivity contribution >= 4 is 23.3 Å². The Kier molecular flexibility index (Phi) is 6.33. The van der Waals surface area contributed by atoms with Gasteiger partial charge < -0.3 is 0 Å². The Morgan fingerprint density at radius 1 is 0.862 bits per heavy atom. The maximum atomic E-state index is 12.4. The molecule has 1 aliphatic carbocycles. The van der Waals surface area contributed by atoms with Crippen molar-refractivity contribution in [2.75, 3.05) is 0 Å². The van der Waals surface area contributed by atoms with E-state index in [4.69, 9.17) is 0 Å². The van der Waals surface area contributed by atoms with Gasteiger partial charge in [-0.1, -0.05) is 12.1 Å². The van der Waals surface area contributed by atoms with Gasteiger partial charge in [0.25, 0.3) is 11.6 Å². The minimum Gasteiger partial charge on any atom is -0.294 e. The van der Waals surface area contributed by atoms with Crippen molar-refractivity contribution in [1.29, 1.82) is 0 Å². The van der Waals surface area contributed by atoms with E-state index in [1.165, 1.54) is 41.8 Å². The van der Waals surface area contributed by atoms with Crippen LogP contribution in [0.1, 0.15) is 57.5 Å². The van der Waals surface area contributed by atoms with E-state index in [1.54, 1.807) is 6.07 Å². The van der Waals surface area contributed by atoms with Crippen LogP contribution in [0.5, 0.6) is 0 Å². The highest BCUT2D eigenvalue weighted by atomic mass is 16.6. The molecule has 0 radical (unpaired) electrons. The number of rotatable bonds is 6. The van der Waals surface area contributed by atoms with Crippen LogP contribution in [0, 0.1) is 10.1 Å². The molecule has 1 aliphatic rings. The van der Waals surface area contributed by atoms with E-state index in [0.29, 0.717) is 5.56 Å². The first kappa shape index (κ1) is 20.2. The van der Waals surface area contributed by atoms with Gasteiger partial charge >= 0.3 is 0 Å². The molecule has 0 bridgehead atoms. The van der Waals surface area contributed by atoms with Gasteiger partial charge in [-0.25, -0.2) is 0 Å². The normalized spacial score (nSPS) is 12.6. The average Bonchev–Trinajstić information content (AvgIpc) is 2.75. The van der Waals surface area contributed by atoms with Gasteiger partial charge in [0.2, 0.25) is 5.91 Å². The molecule has 2 aromatic carbocycles. The lowest BCUT2D eigenvalue weighted by atomic mass is 9.89. The topological polar surface area (TPSA) is 118 Å². The van der Waals surface area contributed by atoms with Gasteiger partial charge in [0, 0.05) is 36.1 Å². The molecule has 0 saturated carbocycles. The third-order valence-corrected chi connectivity index (χ3v) is 4.91. The number of carbonyl (C=O) groups excluding carboxylic acids is 3. The molecule has 0 unspecified atom stereocenters. The maximum absolute atomic E-state index is 12.4. The molecule has 2 amide bonds. The third-order valence-electron chi connectivity index (χ3n) is 4.91. The number of nitro groups is 1. The lowest BCUT2D eigenvalue weighted by Crippen LogP contribution is -2.41. The molecule has 0 fully saturated rings. The fourth-order valence-electron chi connectivity index (χ4n) is 3.27. The highest BCUT2D eigenvalue weighted by Crippen LogP contribution is 2.23. The molecule has 2 N–H and O–H groups in total. The summed E-state index contributed by atoms with van der Waals surface area (Å²) in [6.07, 6.45) is 4.30. The predicted octanol–water partition coefficient (Wildman–Crippen LogP) is 2.90. The minimum absolute atomic E-state index is 0.0397. The number of nitrogens with zero attached hydrogens (tertiary/aromatic N) is 1. The fraction of sp³-hybridized carbons (Fsp3) is 0.286. The van der Waals surface area contributed by atoms with Crippen LogP contribution in [0.3, 0.4) is 0 Å². The Hall–Kier alpha value is -3.55. The van der Waals surface area contributed by atoms with Gasteiger partial charge in [-0.2, -0.15) is 0 Å². The van der Waals surface area contributed by atoms with Crippen molar-refractivity contribution in [2.45, 2.75) is 38.5 Å². The van der Waals surface area contributed by atoms with Crippen molar-refractivity contribution < 1.29 is 19.3 Å². The SMILES string of the molecule is O=C(CCC(=O)c1ccc2c(c1)CCCC2)NNC(=O)c1ccc([N+](=O)[O-])cc1. The summed E-state index contributed by atoms with van der Waals surface area (Å²) in [4.78, 5) is 46.3. The molecule has 29 heavy (non-hydrogen) atoms. The van der Waals surface area contributed by atoms with Crippen LogP contribution in [-0.2, 0) is 17.6 Å². The zero-order chi connectivity index (χ0) is 20.8. The molecule has 8 heteroatoms. The highest BCUT2D eigenvalue weighted by molar-refractivity contribution is 5.99. The van der Waals surface area contributed by atoms with E-state index in [1.807, 2.05) is 12.1 Å². The smallest absolute Gasteiger partial charge is 0.269 e. The van der Waals surface area contributed by atoms with Gasteiger partial charge in [-0.05, 0) is 55.0 Å². The Morgan fingerprint density at radius 2 is 1.52 bits per heavy atom. The zero-order valence-electron chi connectivity index (χ0n) is 15.8. The lowest BCUT2D eigenvalue weighted by molar-refractivity contribution is -0.384. The number of benzene rings is 2. The molecule has 8 nitrogen and oxygen atoms in total. The van der Waals surface area contributed by atoms with Crippen molar-refractivity contribution in [1.82, 2.24) is 10.9 Å². The number of hydrogen-bond acceptors (Lipinski definition) is 5. The number of fused-ring (bicyclic) bond motifs is 1. The zero-order valence-corrected chi connectivity index (χ0v) is 15.8. The average molecular weight is 395 g/mol. The molecule has 0 heterocycles. The number of non-ortho nitro benzene ring substituents is 1. The standard InChI is InChI=1S/C21H21N3O5/c25-19(17-6-5-14-3-1-2-4-16(14)13-17)11-12-20(26)22-23-21(27)15-7-9-18(10-8-15)24(28)29/h5-10,13H,1-4,11-12H2,(H,22,26)(H,23,27). The largest absolute Gasteiger partial charge is 0.294 e. The molecule has 0 spiro atoms. The van der Waals surface area contributed by atoms with Crippen LogP contribution in [0.2, 0.25) is 0 Å². The Labute approximate surface area is 167 Å². The van der Waals surface area contributed by atoms with Crippen LogP contribution >= 0.6 is 0 Å². The number of ketones is 1. The first-order valence-corrected chi connectivity index (χ1v) is 9.42. The molecular weight excluding hydrogens is 374 g/mol. The first-order chi connectivity index (χ1) is 13.9. The fourth-order valence-corrected chi connectivity index (χ4v) is 3.27. The Morgan fingerprint density at radius 3 is 2.21 bits per heavy atom. The Balaban J connectivity index is 1.46. The van der Waals surface area contributed by atoms with Crippen molar-refractivity contribution in [3.63, 3.8) is 0 Å². The van der Waals surface area contributed by atoms with E-state index >= 15 is 0 Å². The van der Waals surface area contributed by atoms with E-state index in [2.05, 4.69) is 10.9 Å². The number of hydrogen-bond donors (Lipinski definition) is 2. The van der Waals surface area contributed by atoms with Gasteiger partial charge in [0.15, 0.2) is 5.78 Å². The summed E-state index contributed by atoms with van der Waals surface area (Å²) in [5, 5.41) is 10.6. The van der Waals surface area contributed by atoms with Crippen molar-refractivity contribution in [2.24, 2.45) is 0 Å². The number of carbonyl (C=O) groups is 3. The van der Waals surface area contributed by atoms with E-state index in [9.17, 15) is 24.5 Å². The predicted molar refractivity (Wildman–Crippen MR) is 105 cm³/mol. The van der Waals surface area contributed by atoms with E-state index in [-0.39, 0.29) is 29.9 Å². The summed E-state index contributed by atoms with van der Waals surface area (Å²) in [5.74, 6) is -1.21. The quantitative estimate of drug-likeness (QED) is 0.443. The molecule has 150 valence electrons. The van der Waals surface area contributed by atoms with Crippen molar-refractivity contribution in [3.8, 4) is 0 Å². The number of nitro benzene ring substituents is 1. The number of Topliss-reactive ketones (excluding diaryl/α,β-unsaturated/α-hetero) is 1. The second-order valence-electron chi connectivity index (χ2n) is 6.92. The molecule has 3 rings (SSSR count). The first-order valence-electron chi connectivity index (χ1n) is 9.42. The summed E-state index contributed by atoms with van der Waals surface area (Å²) in [6.45, 7) is 0. The molecule has 0 saturated heterocycles. The van der Waals surface area contributed by atoms with E-state index < -0.39 is 16.7 Å². The van der Waals surface area contributed by atoms with Crippen LogP contribution in [0.15, 0.2) is 42.5 Å². The monoisotopic (exact) mass is 395 g/mol. The van der Waals surface area contributed by atoms with Crippen LogP contribution in [0.25, 0.3) is 0 Å². The lowest BCUT2D eigenvalue weighted by Gasteiger charge is -2.16. The van der Waals surface area contributed by atoms with Gasteiger partial charge in [-0.15, -0.1) is 0 Å². The summed E-state index contributed by atoms with van der Waals surface area (Å²) < 4.78 is 0. The maximum Gasteiger partial charge on any atom is 0.269 e. The van der Waals surface area contributed by atoms with Crippen LogP contribution in [0.4, 0.5) is 5.69 Å². The number of amides is 2.